The molecule has 2 aromatic carbocycles. The number of carbonyl (C=O) groups excluding carboxylic acids is 2. The fourth-order valence-corrected chi connectivity index (χ4v) is 3.74. The summed E-state index contributed by atoms with van der Waals surface area (Å²) in [6.45, 7) is 2.41. The number of aryl methyl sites for hydroxylation is 1. The molecule has 2 aromatic heterocycles. The van der Waals surface area contributed by atoms with Crippen LogP contribution < -0.4 is 10.6 Å². The molecule has 8 heteroatoms. The van der Waals surface area contributed by atoms with E-state index in [2.05, 4.69) is 15.7 Å². The largest absolute Gasteiger partial charge is 0.507 e. The first-order chi connectivity index (χ1) is 16.5. The van der Waals surface area contributed by atoms with Crippen LogP contribution in [0.2, 0.25) is 0 Å². The van der Waals surface area contributed by atoms with Gasteiger partial charge >= 0.3 is 6.03 Å². The summed E-state index contributed by atoms with van der Waals surface area (Å²) in [7, 11) is 0. The van der Waals surface area contributed by atoms with Crippen LogP contribution in [0.5, 0.6) is 5.75 Å². The Hall–Kier alpha value is -4.33. The lowest BCUT2D eigenvalue weighted by atomic mass is 10.1. The van der Waals surface area contributed by atoms with E-state index in [1.165, 1.54) is 17.0 Å². The maximum Gasteiger partial charge on any atom is 0.342 e. The molecule has 1 fully saturated rings. The molecule has 8 nitrogen and oxygen atoms in total. The van der Waals surface area contributed by atoms with Crippen LogP contribution in [-0.2, 0) is 6.54 Å². The van der Waals surface area contributed by atoms with Gasteiger partial charge in [0.2, 0.25) is 0 Å². The van der Waals surface area contributed by atoms with E-state index in [0.717, 1.165) is 29.7 Å². The van der Waals surface area contributed by atoms with Gasteiger partial charge in [-0.1, -0.05) is 29.8 Å². The number of rotatable bonds is 6. The molecule has 1 aliphatic carbocycles. The number of phenolic OH excluding ortho intramolecular Hbond substituents is 1. The molecule has 0 aliphatic heterocycles. The van der Waals surface area contributed by atoms with E-state index in [-0.39, 0.29) is 23.5 Å². The summed E-state index contributed by atoms with van der Waals surface area (Å²) in [4.78, 5) is 25.1. The van der Waals surface area contributed by atoms with Crippen molar-refractivity contribution in [3.8, 4) is 17.0 Å². The number of hydrogen-bond donors (Lipinski definition) is 3. The van der Waals surface area contributed by atoms with Crippen LogP contribution in [0.25, 0.3) is 11.3 Å². The van der Waals surface area contributed by atoms with Crippen molar-refractivity contribution in [2.24, 2.45) is 0 Å². The number of nitrogens with one attached hydrogen (secondary N) is 2. The second-order valence-corrected chi connectivity index (χ2v) is 8.45. The Balaban J connectivity index is 1.34. The zero-order valence-electron chi connectivity index (χ0n) is 18.6. The number of phenols is 1. The van der Waals surface area contributed by atoms with Crippen molar-refractivity contribution < 1.29 is 19.1 Å². The smallest absolute Gasteiger partial charge is 0.342 e. The highest BCUT2D eigenvalue weighted by Crippen LogP contribution is 2.42. The molecule has 0 unspecified atom stereocenters. The summed E-state index contributed by atoms with van der Waals surface area (Å²) >= 11 is 0. The first kappa shape index (κ1) is 21.5. The molecule has 2 heterocycles. The van der Waals surface area contributed by atoms with E-state index >= 15 is 0 Å². The predicted octanol–water partition coefficient (Wildman–Crippen LogP) is 5.04. The molecule has 0 atom stereocenters. The van der Waals surface area contributed by atoms with Crippen LogP contribution in [0.3, 0.4) is 0 Å². The molecule has 172 valence electrons. The monoisotopic (exact) mass is 456 g/mol. The SMILES string of the molecule is Cc1ccc(CNC(=O)n2nc(-c3ccc(NC(=O)c4ccco4)cc3O)cc2C2CC2)cc1. The molecule has 0 spiro atoms. The minimum absolute atomic E-state index is 0.0516. The van der Waals surface area contributed by atoms with E-state index in [1.807, 2.05) is 37.3 Å². The van der Waals surface area contributed by atoms with Crippen LogP contribution in [0, 0.1) is 6.92 Å². The summed E-state index contributed by atoms with van der Waals surface area (Å²) in [5.41, 5.74) is 4.38. The van der Waals surface area contributed by atoms with Crippen molar-refractivity contribution in [3.63, 3.8) is 0 Å². The zero-order valence-corrected chi connectivity index (χ0v) is 18.6. The molecular weight excluding hydrogens is 432 g/mol. The van der Waals surface area contributed by atoms with Crippen molar-refractivity contribution in [1.82, 2.24) is 15.1 Å². The molecule has 1 saturated carbocycles. The van der Waals surface area contributed by atoms with Crippen LogP contribution in [0.1, 0.15) is 46.1 Å². The molecule has 3 N–H and O–H groups in total. The quantitative estimate of drug-likeness (QED) is 0.376. The van der Waals surface area contributed by atoms with Gasteiger partial charge in [0.1, 0.15) is 5.75 Å². The number of benzene rings is 2. The maximum absolute atomic E-state index is 12.9. The van der Waals surface area contributed by atoms with Gasteiger partial charge in [-0.15, -0.1) is 0 Å². The first-order valence-electron chi connectivity index (χ1n) is 11.1. The number of aromatic nitrogens is 2. The average Bonchev–Trinajstić information content (AvgIpc) is 3.33. The van der Waals surface area contributed by atoms with Crippen LogP contribution >= 0.6 is 0 Å². The highest BCUT2D eigenvalue weighted by Gasteiger charge is 2.30. The maximum atomic E-state index is 12.9. The summed E-state index contributed by atoms with van der Waals surface area (Å²) in [5.74, 6) is -0.0135. The van der Waals surface area contributed by atoms with Crippen LogP contribution in [0.15, 0.2) is 71.3 Å². The lowest BCUT2D eigenvalue weighted by Gasteiger charge is -2.08. The van der Waals surface area contributed by atoms with Crippen molar-refractivity contribution in [2.75, 3.05) is 5.32 Å². The van der Waals surface area contributed by atoms with Crippen molar-refractivity contribution in [1.29, 1.82) is 0 Å². The lowest BCUT2D eigenvalue weighted by molar-refractivity contribution is 0.0996. The topological polar surface area (TPSA) is 109 Å². The third-order valence-corrected chi connectivity index (χ3v) is 5.77. The fourth-order valence-electron chi connectivity index (χ4n) is 3.74. The molecule has 2 amide bonds. The minimum atomic E-state index is -0.414. The fraction of sp³-hybridized carbons (Fsp3) is 0.192. The second-order valence-electron chi connectivity index (χ2n) is 8.45. The average molecular weight is 457 g/mol. The number of amides is 2. The number of aromatic hydroxyl groups is 1. The van der Waals surface area contributed by atoms with Crippen molar-refractivity contribution in [2.45, 2.75) is 32.2 Å². The summed E-state index contributed by atoms with van der Waals surface area (Å²) in [6, 6.07) is 17.5. The molecule has 1 aliphatic rings. The Bertz CT molecular complexity index is 1340. The van der Waals surface area contributed by atoms with Gasteiger partial charge in [-0.3, -0.25) is 4.79 Å². The number of furan rings is 1. The molecule has 5 rings (SSSR count). The Morgan fingerprint density at radius 2 is 1.91 bits per heavy atom. The van der Waals surface area contributed by atoms with Gasteiger partial charge in [0, 0.05) is 29.8 Å². The van der Waals surface area contributed by atoms with Gasteiger partial charge in [-0.25, -0.2) is 4.79 Å². The molecule has 4 aromatic rings. The molecule has 34 heavy (non-hydrogen) atoms. The summed E-state index contributed by atoms with van der Waals surface area (Å²) in [6.07, 6.45) is 3.42. The van der Waals surface area contributed by atoms with E-state index in [9.17, 15) is 14.7 Å². The third kappa shape index (κ3) is 4.56. The summed E-state index contributed by atoms with van der Waals surface area (Å²) in [5, 5.41) is 20.7. The highest BCUT2D eigenvalue weighted by molar-refractivity contribution is 6.02. The third-order valence-electron chi connectivity index (χ3n) is 5.77. The van der Waals surface area contributed by atoms with Crippen LogP contribution in [0.4, 0.5) is 10.5 Å². The number of nitrogens with zero attached hydrogens (tertiary/aromatic N) is 2. The molecule has 0 saturated heterocycles. The Kier molecular flexibility index (Phi) is 5.63. The zero-order chi connectivity index (χ0) is 23.7. The number of anilines is 1. The Morgan fingerprint density at radius 1 is 1.12 bits per heavy atom. The van der Waals surface area contributed by atoms with E-state index in [4.69, 9.17) is 4.42 Å². The molecule has 0 bridgehead atoms. The highest BCUT2D eigenvalue weighted by atomic mass is 16.3. The minimum Gasteiger partial charge on any atom is -0.507 e. The van der Waals surface area contributed by atoms with Crippen molar-refractivity contribution >= 4 is 17.6 Å². The van der Waals surface area contributed by atoms with Gasteiger partial charge in [0.05, 0.1) is 17.7 Å². The van der Waals surface area contributed by atoms with Gasteiger partial charge in [-0.05, 0) is 55.7 Å². The first-order valence-corrected chi connectivity index (χ1v) is 11.1. The lowest BCUT2D eigenvalue weighted by Crippen LogP contribution is -2.30. The normalized spacial score (nSPS) is 13.0. The van der Waals surface area contributed by atoms with E-state index < -0.39 is 5.91 Å². The van der Waals surface area contributed by atoms with E-state index in [0.29, 0.717) is 23.5 Å². The van der Waals surface area contributed by atoms with Gasteiger partial charge in [0.15, 0.2) is 5.76 Å². The second kappa shape index (κ2) is 8.90. The van der Waals surface area contributed by atoms with Gasteiger partial charge < -0.3 is 20.2 Å². The Morgan fingerprint density at radius 3 is 2.59 bits per heavy atom. The standard InChI is InChI=1S/C26H24N4O4/c1-16-4-6-17(7-5-16)15-27-26(33)30-22(18-8-9-18)14-21(29-30)20-11-10-19(13-23(20)31)28-25(32)24-3-2-12-34-24/h2-7,10-14,18,31H,8-9,15H2,1H3,(H,27,33)(H,28,32). The predicted molar refractivity (Wildman–Crippen MR) is 127 cm³/mol. The molecular formula is C26H24N4O4. The van der Waals surface area contributed by atoms with Gasteiger partial charge in [0.25, 0.3) is 5.91 Å². The molecule has 0 radical (unpaired) electrons. The van der Waals surface area contributed by atoms with Crippen LogP contribution in [-0.4, -0.2) is 26.8 Å². The Labute approximate surface area is 196 Å². The number of carbonyl (C=O) groups is 2. The van der Waals surface area contributed by atoms with Gasteiger partial charge in [-0.2, -0.15) is 9.78 Å². The summed E-state index contributed by atoms with van der Waals surface area (Å²) < 4.78 is 6.48. The van der Waals surface area contributed by atoms with E-state index in [1.54, 1.807) is 24.3 Å². The van der Waals surface area contributed by atoms with Crippen molar-refractivity contribution in [3.05, 3.63) is 89.5 Å². The number of hydrogen-bond acceptors (Lipinski definition) is 5.